The molecule has 6 nitrogen and oxygen atoms in total. The van der Waals surface area contributed by atoms with Gasteiger partial charge in [-0.25, -0.2) is 4.39 Å². The summed E-state index contributed by atoms with van der Waals surface area (Å²) in [6.07, 6.45) is 1.74. The van der Waals surface area contributed by atoms with Crippen LogP contribution in [0.4, 0.5) is 15.8 Å². The monoisotopic (exact) mass is 263 g/mol. The van der Waals surface area contributed by atoms with E-state index in [-0.39, 0.29) is 5.91 Å². The lowest BCUT2D eigenvalue weighted by Crippen LogP contribution is -2.07. The van der Waals surface area contributed by atoms with E-state index in [1.807, 2.05) is 0 Å². The van der Waals surface area contributed by atoms with Crippen molar-refractivity contribution < 1.29 is 9.18 Å². The third-order valence-electron chi connectivity index (χ3n) is 2.40. The van der Waals surface area contributed by atoms with Gasteiger partial charge in [0.1, 0.15) is 11.5 Å². The van der Waals surface area contributed by atoms with Crippen molar-refractivity contribution in [3.8, 4) is 0 Å². The van der Waals surface area contributed by atoms with Gasteiger partial charge in [0.15, 0.2) is 0 Å². The summed E-state index contributed by atoms with van der Waals surface area (Å²) in [5.41, 5.74) is 1.54. The van der Waals surface area contributed by atoms with Gasteiger partial charge in [-0.15, -0.1) is 5.10 Å². The molecule has 0 saturated heterocycles. The quantitative estimate of drug-likeness (QED) is 0.877. The number of halogens is 1. The molecule has 1 aromatic heterocycles. The van der Waals surface area contributed by atoms with Crippen molar-refractivity contribution in [1.82, 2.24) is 15.0 Å². The third-order valence-corrected chi connectivity index (χ3v) is 2.40. The summed E-state index contributed by atoms with van der Waals surface area (Å²) in [7, 11) is 1.76. The Morgan fingerprint density at radius 1 is 1.47 bits per heavy atom. The first kappa shape index (κ1) is 13.0. The SMILES string of the molecule is CC(=O)Nc1ccc(F)c(NCc2cn(C)nn2)c1. The molecule has 7 heteroatoms. The van der Waals surface area contributed by atoms with Gasteiger partial charge in [0.25, 0.3) is 0 Å². The van der Waals surface area contributed by atoms with Crippen molar-refractivity contribution in [1.29, 1.82) is 0 Å². The summed E-state index contributed by atoms with van der Waals surface area (Å²) < 4.78 is 15.2. The molecule has 0 fully saturated rings. The second-order valence-corrected chi connectivity index (χ2v) is 4.11. The van der Waals surface area contributed by atoms with Crippen LogP contribution in [-0.4, -0.2) is 20.9 Å². The standard InChI is InChI=1S/C12H14FN5O/c1-8(19)15-9-3-4-11(13)12(5-9)14-6-10-7-18(2)17-16-10/h3-5,7,14H,6H2,1-2H3,(H,15,19). The fourth-order valence-electron chi connectivity index (χ4n) is 1.60. The molecule has 0 spiro atoms. The van der Waals surface area contributed by atoms with Crippen molar-refractivity contribution >= 4 is 17.3 Å². The Hall–Kier alpha value is -2.44. The van der Waals surface area contributed by atoms with E-state index in [0.29, 0.717) is 23.6 Å². The van der Waals surface area contributed by atoms with Crippen LogP contribution >= 0.6 is 0 Å². The highest BCUT2D eigenvalue weighted by atomic mass is 19.1. The fraction of sp³-hybridized carbons (Fsp3) is 0.250. The average Bonchev–Trinajstić information content (AvgIpc) is 2.75. The predicted octanol–water partition coefficient (Wildman–Crippen LogP) is 1.52. The minimum atomic E-state index is -0.391. The fourth-order valence-corrected chi connectivity index (χ4v) is 1.60. The number of amides is 1. The number of carbonyl (C=O) groups excluding carboxylic acids is 1. The molecule has 2 aromatic rings. The molecular weight excluding hydrogens is 249 g/mol. The van der Waals surface area contributed by atoms with E-state index >= 15 is 0 Å². The molecule has 1 amide bonds. The van der Waals surface area contributed by atoms with E-state index in [1.54, 1.807) is 17.9 Å². The summed E-state index contributed by atoms with van der Waals surface area (Å²) in [5.74, 6) is -0.593. The van der Waals surface area contributed by atoms with Gasteiger partial charge in [-0.1, -0.05) is 5.21 Å². The van der Waals surface area contributed by atoms with Crippen molar-refractivity contribution in [2.24, 2.45) is 7.05 Å². The Kier molecular flexibility index (Phi) is 3.74. The van der Waals surface area contributed by atoms with Crippen molar-refractivity contribution in [3.05, 3.63) is 35.9 Å². The number of carbonyl (C=O) groups is 1. The minimum absolute atomic E-state index is 0.202. The number of nitrogens with zero attached hydrogens (tertiary/aromatic N) is 3. The van der Waals surface area contributed by atoms with E-state index < -0.39 is 5.82 Å². The Balaban J connectivity index is 2.08. The van der Waals surface area contributed by atoms with Crippen LogP contribution in [0.5, 0.6) is 0 Å². The first-order valence-corrected chi connectivity index (χ1v) is 5.71. The Labute approximate surface area is 109 Å². The molecule has 1 aromatic carbocycles. The molecular formula is C12H14FN5O. The number of aromatic nitrogens is 3. The van der Waals surface area contributed by atoms with Crippen molar-refractivity contribution in [2.75, 3.05) is 10.6 Å². The van der Waals surface area contributed by atoms with Gasteiger partial charge >= 0.3 is 0 Å². The van der Waals surface area contributed by atoms with Crippen molar-refractivity contribution in [2.45, 2.75) is 13.5 Å². The highest BCUT2D eigenvalue weighted by molar-refractivity contribution is 5.89. The van der Waals surface area contributed by atoms with Gasteiger partial charge in [0.2, 0.25) is 5.91 Å². The molecule has 0 aliphatic heterocycles. The zero-order chi connectivity index (χ0) is 13.8. The molecule has 19 heavy (non-hydrogen) atoms. The molecule has 0 bridgehead atoms. The topological polar surface area (TPSA) is 71.8 Å². The molecule has 2 N–H and O–H groups in total. The molecule has 0 radical (unpaired) electrons. The van der Waals surface area contributed by atoms with Gasteiger partial charge in [-0.2, -0.15) is 0 Å². The smallest absolute Gasteiger partial charge is 0.221 e. The van der Waals surface area contributed by atoms with E-state index in [0.717, 1.165) is 0 Å². The number of benzene rings is 1. The van der Waals surface area contributed by atoms with Crippen LogP contribution in [0, 0.1) is 5.82 Å². The van der Waals surface area contributed by atoms with Gasteiger partial charge in [0, 0.05) is 25.9 Å². The maximum Gasteiger partial charge on any atom is 0.221 e. The maximum atomic E-state index is 13.6. The van der Waals surface area contributed by atoms with Gasteiger partial charge in [0.05, 0.1) is 12.2 Å². The number of hydrogen-bond donors (Lipinski definition) is 2. The molecule has 100 valence electrons. The van der Waals surface area contributed by atoms with Gasteiger partial charge in [-0.05, 0) is 18.2 Å². The first-order valence-electron chi connectivity index (χ1n) is 5.71. The van der Waals surface area contributed by atoms with E-state index in [9.17, 15) is 9.18 Å². The Morgan fingerprint density at radius 3 is 2.89 bits per heavy atom. The van der Waals surface area contributed by atoms with E-state index in [1.165, 1.54) is 25.1 Å². The highest BCUT2D eigenvalue weighted by Crippen LogP contribution is 2.20. The zero-order valence-corrected chi connectivity index (χ0v) is 10.6. The van der Waals surface area contributed by atoms with E-state index in [4.69, 9.17) is 0 Å². The maximum absolute atomic E-state index is 13.6. The molecule has 0 unspecified atom stereocenters. The Bertz CT molecular complexity index is 596. The van der Waals surface area contributed by atoms with Crippen LogP contribution in [0.2, 0.25) is 0 Å². The number of anilines is 2. The number of nitrogens with one attached hydrogen (secondary N) is 2. The normalized spacial score (nSPS) is 10.3. The molecule has 0 atom stereocenters. The highest BCUT2D eigenvalue weighted by Gasteiger charge is 2.05. The van der Waals surface area contributed by atoms with Crippen LogP contribution in [0.3, 0.4) is 0 Å². The average molecular weight is 263 g/mol. The van der Waals surface area contributed by atoms with Crippen molar-refractivity contribution in [3.63, 3.8) is 0 Å². The summed E-state index contributed by atoms with van der Waals surface area (Å²) in [5, 5.41) is 13.2. The number of aryl methyl sites for hydroxylation is 1. The lowest BCUT2D eigenvalue weighted by molar-refractivity contribution is -0.114. The first-order chi connectivity index (χ1) is 9.04. The second-order valence-electron chi connectivity index (χ2n) is 4.11. The second kappa shape index (κ2) is 5.47. The van der Waals surface area contributed by atoms with Crippen LogP contribution in [0.1, 0.15) is 12.6 Å². The van der Waals surface area contributed by atoms with E-state index in [2.05, 4.69) is 20.9 Å². The number of rotatable bonds is 4. The summed E-state index contributed by atoms with van der Waals surface area (Å²) in [6.45, 7) is 1.75. The largest absolute Gasteiger partial charge is 0.377 e. The lowest BCUT2D eigenvalue weighted by Gasteiger charge is -2.08. The summed E-state index contributed by atoms with van der Waals surface area (Å²) in [6, 6.07) is 4.33. The molecule has 0 aliphatic carbocycles. The summed E-state index contributed by atoms with van der Waals surface area (Å²) >= 11 is 0. The molecule has 0 aliphatic rings. The van der Waals surface area contributed by atoms with Crippen LogP contribution in [0.15, 0.2) is 24.4 Å². The van der Waals surface area contributed by atoms with Gasteiger partial charge < -0.3 is 10.6 Å². The molecule has 1 heterocycles. The van der Waals surface area contributed by atoms with Crippen LogP contribution in [-0.2, 0) is 18.4 Å². The minimum Gasteiger partial charge on any atom is -0.377 e. The Morgan fingerprint density at radius 2 is 2.26 bits per heavy atom. The molecule has 0 saturated carbocycles. The lowest BCUT2D eigenvalue weighted by atomic mass is 10.2. The number of hydrogen-bond acceptors (Lipinski definition) is 4. The zero-order valence-electron chi connectivity index (χ0n) is 10.6. The van der Waals surface area contributed by atoms with Crippen LogP contribution < -0.4 is 10.6 Å². The predicted molar refractivity (Wildman–Crippen MR) is 69.0 cm³/mol. The molecule has 2 rings (SSSR count). The third kappa shape index (κ3) is 3.51. The summed E-state index contributed by atoms with van der Waals surface area (Å²) in [4.78, 5) is 10.9. The van der Waals surface area contributed by atoms with Gasteiger partial charge in [-0.3, -0.25) is 9.48 Å². The van der Waals surface area contributed by atoms with Crippen LogP contribution in [0.25, 0.3) is 0 Å².